The molecule has 0 atom stereocenters. The van der Waals surface area contributed by atoms with Gasteiger partial charge in [-0.3, -0.25) is 20.2 Å². The fourth-order valence-electron chi connectivity index (χ4n) is 2.02. The van der Waals surface area contributed by atoms with Crippen LogP contribution >= 0.6 is 11.6 Å². The summed E-state index contributed by atoms with van der Waals surface area (Å²) in [6.45, 7) is -0.575. The van der Waals surface area contributed by atoms with Crippen LogP contribution in [0, 0.1) is 10.1 Å². The lowest BCUT2D eigenvalue weighted by Crippen LogP contribution is -2.41. The normalized spacial score (nSPS) is 9.96. The van der Waals surface area contributed by atoms with Gasteiger partial charge in [0.25, 0.3) is 11.6 Å². The first-order valence-corrected chi connectivity index (χ1v) is 7.97. The van der Waals surface area contributed by atoms with Gasteiger partial charge in [0.05, 0.1) is 4.92 Å². The Bertz CT molecular complexity index is 872. The van der Waals surface area contributed by atoms with Crippen LogP contribution in [0.4, 0.5) is 10.5 Å². The molecule has 0 aliphatic rings. The minimum atomic E-state index is -1.08. The van der Waals surface area contributed by atoms with E-state index in [-0.39, 0.29) is 17.1 Å². The van der Waals surface area contributed by atoms with Crippen LogP contribution in [0.2, 0.25) is 5.02 Å². The topological polar surface area (TPSA) is 128 Å². The largest absolute Gasteiger partial charge is 0.452 e. The number of nitrogens with zero attached hydrogens (tertiary/aromatic N) is 1. The number of halogens is 1. The zero-order valence-electron chi connectivity index (χ0n) is 13.8. The summed E-state index contributed by atoms with van der Waals surface area (Å²) in [6.07, 6.45) is 0. The van der Waals surface area contributed by atoms with Crippen LogP contribution in [-0.4, -0.2) is 29.4 Å². The lowest BCUT2D eigenvalue weighted by atomic mass is 10.2. The maximum atomic E-state index is 11.9. The summed E-state index contributed by atoms with van der Waals surface area (Å²) < 4.78 is 4.71. The average Bonchev–Trinajstić information content (AvgIpc) is 2.65. The van der Waals surface area contributed by atoms with E-state index in [1.54, 1.807) is 24.3 Å². The molecule has 0 radical (unpaired) electrons. The van der Waals surface area contributed by atoms with E-state index in [1.165, 1.54) is 6.07 Å². The Balaban J connectivity index is 1.84. The molecule has 0 aliphatic carbocycles. The molecule has 0 saturated carbocycles. The molecule has 0 unspecified atom stereocenters. The third-order valence-corrected chi connectivity index (χ3v) is 3.49. The maximum absolute atomic E-state index is 11.9. The number of urea groups is 1. The maximum Gasteiger partial charge on any atom is 0.345 e. The van der Waals surface area contributed by atoms with E-state index in [1.807, 2.05) is 11.4 Å². The van der Waals surface area contributed by atoms with Gasteiger partial charge in [-0.05, 0) is 17.7 Å². The van der Waals surface area contributed by atoms with Crippen LogP contribution in [0.15, 0.2) is 48.5 Å². The number of carbonyl (C=O) groups excluding carboxylic acids is 3. The molecule has 2 aromatic rings. The average molecular weight is 392 g/mol. The molecule has 0 aromatic heterocycles. The number of amides is 3. The Hall–Kier alpha value is -3.46. The van der Waals surface area contributed by atoms with E-state index < -0.39 is 35.1 Å². The molecule has 0 fully saturated rings. The van der Waals surface area contributed by atoms with Crippen molar-refractivity contribution in [3.63, 3.8) is 0 Å². The van der Waals surface area contributed by atoms with Gasteiger partial charge in [0, 0.05) is 17.6 Å². The van der Waals surface area contributed by atoms with Gasteiger partial charge in [0.15, 0.2) is 6.61 Å². The van der Waals surface area contributed by atoms with E-state index in [4.69, 9.17) is 16.3 Å². The number of nitrogens with one attached hydrogen (secondary N) is 2. The number of carbonyl (C=O) groups is 3. The van der Waals surface area contributed by atoms with Crippen molar-refractivity contribution in [1.29, 1.82) is 0 Å². The number of ether oxygens (including phenoxy) is 1. The summed E-state index contributed by atoms with van der Waals surface area (Å²) >= 11 is 5.66. The number of nitro groups is 1. The molecule has 9 nitrogen and oxygen atoms in total. The Morgan fingerprint density at radius 2 is 1.81 bits per heavy atom. The minimum absolute atomic E-state index is 0.0751. The standard InChI is InChI=1S/C17H14ClN3O6/c18-12-6-7-13(14(8-12)21(25)26)16(23)27-10-15(22)20-17(24)19-9-11-4-2-1-3-5-11/h1-8H,9-10H2,(H2,19,20,22,24). The van der Waals surface area contributed by atoms with E-state index in [0.29, 0.717) is 0 Å². The first kappa shape index (κ1) is 19.9. The number of hydrogen-bond acceptors (Lipinski definition) is 6. The second-order valence-corrected chi connectivity index (χ2v) is 5.65. The molecule has 0 heterocycles. The highest BCUT2D eigenvalue weighted by molar-refractivity contribution is 6.31. The van der Waals surface area contributed by atoms with Crippen molar-refractivity contribution in [3.8, 4) is 0 Å². The van der Waals surface area contributed by atoms with E-state index >= 15 is 0 Å². The zero-order valence-corrected chi connectivity index (χ0v) is 14.6. The Kier molecular flexibility index (Phi) is 6.84. The molecule has 2 aromatic carbocycles. The molecule has 0 bridgehead atoms. The van der Waals surface area contributed by atoms with Crippen molar-refractivity contribution in [2.24, 2.45) is 0 Å². The van der Waals surface area contributed by atoms with Crippen LogP contribution in [0.3, 0.4) is 0 Å². The van der Waals surface area contributed by atoms with Gasteiger partial charge in [-0.25, -0.2) is 9.59 Å². The monoisotopic (exact) mass is 391 g/mol. The number of esters is 1. The molecular formula is C17H14ClN3O6. The highest BCUT2D eigenvalue weighted by atomic mass is 35.5. The second kappa shape index (κ2) is 9.30. The van der Waals surface area contributed by atoms with E-state index in [2.05, 4.69) is 5.32 Å². The molecule has 140 valence electrons. The summed E-state index contributed by atoms with van der Waals surface area (Å²) in [5.74, 6) is -1.97. The highest BCUT2D eigenvalue weighted by Crippen LogP contribution is 2.23. The second-order valence-electron chi connectivity index (χ2n) is 5.21. The fraction of sp³-hybridized carbons (Fsp3) is 0.118. The van der Waals surface area contributed by atoms with E-state index in [9.17, 15) is 24.5 Å². The van der Waals surface area contributed by atoms with Gasteiger partial charge < -0.3 is 10.1 Å². The van der Waals surface area contributed by atoms with Crippen molar-refractivity contribution in [2.45, 2.75) is 6.54 Å². The predicted octanol–water partition coefficient (Wildman–Crippen LogP) is 2.43. The first-order chi connectivity index (χ1) is 12.9. The molecule has 0 spiro atoms. The third kappa shape index (κ3) is 6.08. The number of benzene rings is 2. The lowest BCUT2D eigenvalue weighted by Gasteiger charge is -2.08. The molecular weight excluding hydrogens is 378 g/mol. The molecule has 2 N–H and O–H groups in total. The van der Waals surface area contributed by atoms with Crippen molar-refractivity contribution in [1.82, 2.24) is 10.6 Å². The van der Waals surface area contributed by atoms with Crippen molar-refractivity contribution >= 4 is 35.2 Å². The van der Waals surface area contributed by atoms with Crippen molar-refractivity contribution in [3.05, 3.63) is 74.8 Å². The quantitative estimate of drug-likeness (QED) is 0.442. The van der Waals surface area contributed by atoms with Crippen LogP contribution in [0.1, 0.15) is 15.9 Å². The number of hydrogen-bond donors (Lipinski definition) is 2. The van der Waals surface area contributed by atoms with Gasteiger partial charge in [-0.1, -0.05) is 41.9 Å². The van der Waals surface area contributed by atoms with Gasteiger partial charge in [0.2, 0.25) is 0 Å². The smallest absolute Gasteiger partial charge is 0.345 e. The van der Waals surface area contributed by atoms with Crippen molar-refractivity contribution < 1.29 is 24.0 Å². The molecule has 0 aliphatic heterocycles. The first-order valence-electron chi connectivity index (χ1n) is 7.59. The molecule has 27 heavy (non-hydrogen) atoms. The van der Waals surface area contributed by atoms with Gasteiger partial charge in [-0.15, -0.1) is 0 Å². The Labute approximate surface area is 158 Å². The van der Waals surface area contributed by atoms with Crippen LogP contribution < -0.4 is 10.6 Å². The Morgan fingerprint density at radius 1 is 1.11 bits per heavy atom. The van der Waals surface area contributed by atoms with Gasteiger partial charge in [0.1, 0.15) is 5.56 Å². The Morgan fingerprint density at radius 3 is 2.48 bits per heavy atom. The van der Waals surface area contributed by atoms with Crippen LogP contribution in [0.25, 0.3) is 0 Å². The zero-order chi connectivity index (χ0) is 19.8. The van der Waals surface area contributed by atoms with Crippen molar-refractivity contribution in [2.75, 3.05) is 6.61 Å². The van der Waals surface area contributed by atoms with E-state index in [0.717, 1.165) is 17.7 Å². The molecule has 3 amide bonds. The number of rotatable bonds is 6. The van der Waals surface area contributed by atoms with Gasteiger partial charge in [-0.2, -0.15) is 0 Å². The van der Waals surface area contributed by atoms with Crippen LogP contribution in [-0.2, 0) is 16.1 Å². The SMILES string of the molecule is O=C(COC(=O)c1ccc(Cl)cc1[N+](=O)[O-])NC(=O)NCc1ccccc1. The predicted molar refractivity (Wildman–Crippen MR) is 95.2 cm³/mol. The highest BCUT2D eigenvalue weighted by Gasteiger charge is 2.22. The van der Waals surface area contributed by atoms with Crippen LogP contribution in [0.5, 0.6) is 0 Å². The summed E-state index contributed by atoms with van der Waals surface area (Å²) in [5, 5.41) is 15.5. The third-order valence-electron chi connectivity index (χ3n) is 3.26. The summed E-state index contributed by atoms with van der Waals surface area (Å²) in [6, 6.07) is 11.6. The molecule has 10 heteroatoms. The molecule has 0 saturated heterocycles. The summed E-state index contributed by atoms with van der Waals surface area (Å²) in [5.41, 5.74) is -0.0687. The van der Waals surface area contributed by atoms with Gasteiger partial charge >= 0.3 is 12.0 Å². The number of imide groups is 1. The lowest BCUT2D eigenvalue weighted by molar-refractivity contribution is -0.385. The minimum Gasteiger partial charge on any atom is -0.452 e. The number of nitro benzene ring substituents is 1. The fourth-order valence-corrected chi connectivity index (χ4v) is 2.19. The summed E-state index contributed by atoms with van der Waals surface area (Å²) in [4.78, 5) is 45.4. The summed E-state index contributed by atoms with van der Waals surface area (Å²) in [7, 11) is 0. The molecule has 2 rings (SSSR count).